The minimum absolute atomic E-state index is 0.991. The van der Waals surface area contributed by atoms with Crippen molar-refractivity contribution in [2.24, 2.45) is 11.8 Å². The van der Waals surface area contributed by atoms with Crippen molar-refractivity contribution in [3.05, 3.63) is 12.2 Å². The molecule has 5 rings (SSSR count). The summed E-state index contributed by atoms with van der Waals surface area (Å²) < 4.78 is 0. The maximum atomic E-state index is 2.38. The van der Waals surface area contributed by atoms with Crippen LogP contribution in [-0.2, 0) is 0 Å². The molecule has 4 saturated carbocycles. The highest BCUT2D eigenvalue weighted by Gasteiger charge is 2.25. The Kier molecular flexibility index (Phi) is 15.1. The van der Waals surface area contributed by atoms with Crippen molar-refractivity contribution in [3.8, 4) is 0 Å². The van der Waals surface area contributed by atoms with Crippen molar-refractivity contribution >= 4 is 0 Å². The summed E-state index contributed by atoms with van der Waals surface area (Å²) >= 11 is 0. The van der Waals surface area contributed by atoms with Gasteiger partial charge in [-0.2, -0.15) is 0 Å². The Labute approximate surface area is 178 Å². The molecule has 0 radical (unpaired) electrons. The lowest BCUT2D eigenvalue weighted by Crippen LogP contribution is -1.85. The van der Waals surface area contributed by atoms with Crippen molar-refractivity contribution in [2.45, 2.75) is 154 Å². The largest absolute Gasteiger partial charge is 0.0851 e. The van der Waals surface area contributed by atoms with Gasteiger partial charge in [0, 0.05) is 0 Å². The zero-order valence-corrected chi connectivity index (χ0v) is 19.3. The summed E-state index contributed by atoms with van der Waals surface area (Å²) in [6.07, 6.45) is 40.7. The molecule has 164 valence electrons. The molecule has 4 fully saturated rings. The Balaban J connectivity index is 0.000000134. The number of hydrogen-bond acceptors (Lipinski definition) is 0. The van der Waals surface area contributed by atoms with Gasteiger partial charge >= 0.3 is 0 Å². The average Bonchev–Trinajstić information content (AvgIpc) is 3.26. The molecule has 0 aromatic carbocycles. The molecule has 0 aliphatic heterocycles. The van der Waals surface area contributed by atoms with Crippen LogP contribution in [-0.4, -0.2) is 0 Å². The van der Waals surface area contributed by atoms with Crippen LogP contribution >= 0.6 is 0 Å². The summed E-state index contributed by atoms with van der Waals surface area (Å²) in [4.78, 5) is 0. The van der Waals surface area contributed by atoms with Crippen molar-refractivity contribution in [2.75, 3.05) is 0 Å². The lowest BCUT2D eigenvalue weighted by atomic mass is 10.0. The molecule has 5 aliphatic carbocycles. The van der Waals surface area contributed by atoms with Gasteiger partial charge in [-0.05, 0) is 31.1 Å². The summed E-state index contributed by atoms with van der Waals surface area (Å²) in [5.74, 6) is 1.98. The normalized spacial score (nSPS) is 29.4. The molecule has 0 heteroatoms. The van der Waals surface area contributed by atoms with E-state index in [1.807, 2.05) is 0 Å². The maximum absolute atomic E-state index is 2.38. The van der Waals surface area contributed by atoms with E-state index >= 15 is 0 Å². The standard InChI is InChI=1S/C8H16.C7H10.C7H14.C6H12/c1-2-4-6-8-7-5-3-1;1-2-7-4-3-6(1)5-7;1-2-4-6-7-5-3-1;1-2-4-6-5-3-1/h1-8H2;1-2,6-7H,3-5H2;1-7H2;1-6H2. The van der Waals surface area contributed by atoms with E-state index in [0.717, 1.165) is 11.8 Å². The van der Waals surface area contributed by atoms with Crippen LogP contribution in [0.25, 0.3) is 0 Å². The number of allylic oxidation sites excluding steroid dienone is 2. The van der Waals surface area contributed by atoms with E-state index < -0.39 is 0 Å². The maximum Gasteiger partial charge on any atom is -0.0228 e. The Hall–Kier alpha value is -0.260. The van der Waals surface area contributed by atoms with Gasteiger partial charge in [0.25, 0.3) is 0 Å². The van der Waals surface area contributed by atoms with Crippen molar-refractivity contribution in [1.29, 1.82) is 0 Å². The molecule has 0 spiro atoms. The second-order valence-electron chi connectivity index (χ2n) is 10.1. The third-order valence-electron chi connectivity index (χ3n) is 7.42. The minimum Gasteiger partial charge on any atom is -0.0851 e. The van der Waals surface area contributed by atoms with Crippen LogP contribution in [0.5, 0.6) is 0 Å². The fourth-order valence-electron chi connectivity index (χ4n) is 5.43. The lowest BCUT2D eigenvalue weighted by molar-refractivity contribution is 0.504. The van der Waals surface area contributed by atoms with Gasteiger partial charge < -0.3 is 0 Å². The monoisotopic (exact) mass is 388 g/mol. The molecule has 2 bridgehead atoms. The number of rotatable bonds is 0. The van der Waals surface area contributed by atoms with E-state index in [9.17, 15) is 0 Å². The van der Waals surface area contributed by atoms with Gasteiger partial charge in [0.2, 0.25) is 0 Å². The summed E-state index contributed by atoms with van der Waals surface area (Å²) in [6.45, 7) is 0. The molecule has 0 aromatic heterocycles. The molecular weight excluding hydrogens is 336 g/mol. The zero-order valence-electron chi connectivity index (χ0n) is 19.3. The van der Waals surface area contributed by atoms with Crippen LogP contribution in [0.3, 0.4) is 0 Å². The third-order valence-corrected chi connectivity index (χ3v) is 7.42. The van der Waals surface area contributed by atoms with Crippen LogP contribution < -0.4 is 0 Å². The topological polar surface area (TPSA) is 0 Å². The molecule has 28 heavy (non-hydrogen) atoms. The molecule has 5 aliphatic rings. The Bertz CT molecular complexity index is 284. The Morgan fingerprint density at radius 3 is 0.536 bits per heavy atom. The van der Waals surface area contributed by atoms with Gasteiger partial charge in [0.1, 0.15) is 0 Å². The highest BCUT2D eigenvalue weighted by atomic mass is 14.3. The van der Waals surface area contributed by atoms with Crippen LogP contribution in [0.4, 0.5) is 0 Å². The summed E-state index contributed by atoms with van der Waals surface area (Å²) in [5.41, 5.74) is 0. The zero-order chi connectivity index (χ0) is 19.5. The fourth-order valence-corrected chi connectivity index (χ4v) is 5.43. The predicted octanol–water partition coefficient (Wildman–Crippen LogP) is 10.2. The lowest BCUT2D eigenvalue weighted by Gasteiger charge is -2.05. The predicted molar refractivity (Wildman–Crippen MR) is 127 cm³/mol. The van der Waals surface area contributed by atoms with Gasteiger partial charge in [-0.1, -0.05) is 147 Å². The van der Waals surface area contributed by atoms with Gasteiger partial charge in [-0.25, -0.2) is 0 Å². The van der Waals surface area contributed by atoms with E-state index in [1.54, 1.807) is 0 Å². The van der Waals surface area contributed by atoms with Crippen LogP contribution in [0.1, 0.15) is 154 Å². The SMILES string of the molecule is C1=CC2CCC1C2.C1CCCCC1.C1CCCCCC1.C1CCCCCCC1. The molecule has 0 saturated heterocycles. The molecule has 0 nitrogen and oxygen atoms in total. The van der Waals surface area contributed by atoms with E-state index in [4.69, 9.17) is 0 Å². The highest BCUT2D eigenvalue weighted by Crippen LogP contribution is 2.38. The van der Waals surface area contributed by atoms with E-state index in [0.29, 0.717) is 0 Å². The summed E-state index contributed by atoms with van der Waals surface area (Å²) in [7, 11) is 0. The number of hydrogen-bond donors (Lipinski definition) is 0. The van der Waals surface area contributed by atoms with Crippen LogP contribution in [0.15, 0.2) is 12.2 Å². The molecule has 2 atom stereocenters. The second-order valence-corrected chi connectivity index (χ2v) is 10.1. The Morgan fingerprint density at radius 2 is 0.464 bits per heavy atom. The molecule has 0 aromatic rings. The summed E-state index contributed by atoms with van der Waals surface area (Å²) in [5, 5.41) is 0. The first-order valence-corrected chi connectivity index (χ1v) is 13.6. The summed E-state index contributed by atoms with van der Waals surface area (Å²) in [6, 6.07) is 0. The molecule has 0 amide bonds. The van der Waals surface area contributed by atoms with Crippen molar-refractivity contribution in [1.82, 2.24) is 0 Å². The number of fused-ring (bicyclic) bond motifs is 2. The van der Waals surface area contributed by atoms with Crippen molar-refractivity contribution in [3.63, 3.8) is 0 Å². The van der Waals surface area contributed by atoms with Crippen LogP contribution in [0.2, 0.25) is 0 Å². The van der Waals surface area contributed by atoms with Gasteiger partial charge in [0.15, 0.2) is 0 Å². The highest BCUT2D eigenvalue weighted by molar-refractivity contribution is 5.06. The first-order valence-electron chi connectivity index (χ1n) is 13.6. The fraction of sp³-hybridized carbons (Fsp3) is 0.929. The smallest absolute Gasteiger partial charge is 0.0228 e. The minimum atomic E-state index is 0.991. The molecule has 0 heterocycles. The van der Waals surface area contributed by atoms with E-state index in [2.05, 4.69) is 12.2 Å². The van der Waals surface area contributed by atoms with Gasteiger partial charge in [-0.15, -0.1) is 0 Å². The Morgan fingerprint density at radius 1 is 0.286 bits per heavy atom. The molecular formula is C28H52. The second kappa shape index (κ2) is 17.6. The third kappa shape index (κ3) is 13.1. The quantitative estimate of drug-likeness (QED) is 0.286. The molecule has 0 N–H and O–H groups in total. The van der Waals surface area contributed by atoms with E-state index in [-0.39, 0.29) is 0 Å². The van der Waals surface area contributed by atoms with Crippen molar-refractivity contribution < 1.29 is 0 Å². The average molecular weight is 389 g/mol. The van der Waals surface area contributed by atoms with Gasteiger partial charge in [-0.3, -0.25) is 0 Å². The van der Waals surface area contributed by atoms with Gasteiger partial charge in [0.05, 0.1) is 0 Å². The van der Waals surface area contributed by atoms with Crippen LogP contribution in [0, 0.1) is 11.8 Å². The molecule has 2 unspecified atom stereocenters. The van der Waals surface area contributed by atoms with E-state index in [1.165, 1.54) is 154 Å². The first-order chi connectivity index (χ1) is 13.9. The first kappa shape index (κ1) is 24.0.